The van der Waals surface area contributed by atoms with Crippen LogP contribution in [0.2, 0.25) is 0 Å². The summed E-state index contributed by atoms with van der Waals surface area (Å²) < 4.78 is 16.5. The van der Waals surface area contributed by atoms with E-state index in [-0.39, 0.29) is 10.8 Å². The third-order valence-electron chi connectivity index (χ3n) is 13.2. The van der Waals surface area contributed by atoms with Crippen molar-refractivity contribution in [1.82, 2.24) is 0 Å². The number of anilines is 5. The first-order valence-corrected chi connectivity index (χ1v) is 23.1. The third kappa shape index (κ3) is 6.11. The molecular formula is C58H47BN2O2S. The van der Waals surface area contributed by atoms with Crippen LogP contribution in [0.4, 0.5) is 28.4 Å². The van der Waals surface area contributed by atoms with Gasteiger partial charge in [-0.2, -0.15) is 0 Å². The topological polar surface area (TPSA) is 41.6 Å². The summed E-state index contributed by atoms with van der Waals surface area (Å²) in [5.41, 5.74) is 17.3. The molecule has 12 rings (SSSR count). The minimum Gasteiger partial charge on any atom is -0.456 e. The van der Waals surface area contributed by atoms with E-state index >= 15 is 0 Å². The summed E-state index contributed by atoms with van der Waals surface area (Å²) >= 11 is 1.90. The number of thiophene rings is 1. The number of hydrogen-bond acceptors (Lipinski definition) is 5. The lowest BCUT2D eigenvalue weighted by Gasteiger charge is -2.35. The smallest absolute Gasteiger partial charge is 0.211 e. The van der Waals surface area contributed by atoms with Gasteiger partial charge in [-0.25, -0.2) is 0 Å². The van der Waals surface area contributed by atoms with Gasteiger partial charge in [0, 0.05) is 65.4 Å². The zero-order valence-electron chi connectivity index (χ0n) is 37.0. The normalized spacial score (nSPS) is 12.9. The largest absolute Gasteiger partial charge is 0.456 e. The summed E-state index contributed by atoms with van der Waals surface area (Å²) in [4.78, 5) is 2.58. The van der Waals surface area contributed by atoms with Crippen molar-refractivity contribution in [3.8, 4) is 22.3 Å². The minimum atomic E-state index is -0.0420. The van der Waals surface area contributed by atoms with Crippen LogP contribution < -0.4 is 20.5 Å². The maximum absolute atomic E-state index is 7.16. The Bertz CT molecular complexity index is 3640. The standard InChI is InChI=1S/C58H47BN2O2S/c1-57(2,3)35-24-27-37(28-25-35)60-43-29-31-48-50(39-19-11-14-22-47(39)62-48)51(43)52-53-45(33-42-38-18-10-13-21-46(38)63-55(42)52)61(54-40-20-12-15-23-49(40)64-56(54)59-53)44-30-26-36(58(4,5)6)32-41(44)34-16-8-7-9-17-34/h7-33,59-60H,1-6H3. The highest BCUT2D eigenvalue weighted by molar-refractivity contribution is 7.29. The first-order valence-electron chi connectivity index (χ1n) is 22.3. The fourth-order valence-corrected chi connectivity index (χ4v) is 11.1. The third-order valence-corrected chi connectivity index (χ3v) is 14.4. The van der Waals surface area contributed by atoms with E-state index in [4.69, 9.17) is 8.83 Å². The van der Waals surface area contributed by atoms with E-state index in [2.05, 4.69) is 216 Å². The summed E-state index contributed by atoms with van der Waals surface area (Å²) in [6, 6.07) is 59.5. The van der Waals surface area contributed by atoms with Crippen LogP contribution in [0.3, 0.4) is 0 Å². The first-order chi connectivity index (χ1) is 31.0. The number of hydrogen-bond donors (Lipinski definition) is 1. The number of nitrogens with zero attached hydrogens (tertiary/aromatic N) is 1. The SMILES string of the molecule is CC(C)(C)c1ccc(Nc2ccc3oc4ccccc4c3c2-c2c3c(cc4c2oc2ccccc24)N(c2ccc(C(C)(C)C)cc2-c2ccccc2)c2c(sc4ccccc24)B3)cc1. The molecule has 0 amide bonds. The van der Waals surface area contributed by atoms with Crippen LogP contribution >= 0.6 is 11.3 Å². The first kappa shape index (κ1) is 38.6. The van der Waals surface area contributed by atoms with E-state index in [0.717, 1.165) is 85.0 Å². The van der Waals surface area contributed by atoms with Crippen molar-refractivity contribution in [3.63, 3.8) is 0 Å². The second kappa shape index (κ2) is 14.3. The molecule has 0 radical (unpaired) electrons. The van der Waals surface area contributed by atoms with Crippen molar-refractivity contribution in [1.29, 1.82) is 0 Å². The highest BCUT2D eigenvalue weighted by Crippen LogP contribution is 2.52. The van der Waals surface area contributed by atoms with Gasteiger partial charge >= 0.3 is 0 Å². The van der Waals surface area contributed by atoms with E-state index in [0.29, 0.717) is 0 Å². The Balaban J connectivity index is 1.23. The summed E-state index contributed by atoms with van der Waals surface area (Å²) in [7, 11) is 0.732. The second-order valence-corrected chi connectivity index (χ2v) is 20.5. The second-order valence-electron chi connectivity index (χ2n) is 19.4. The van der Waals surface area contributed by atoms with E-state index in [1.165, 1.54) is 48.3 Å². The molecule has 8 aromatic carbocycles. The summed E-state index contributed by atoms with van der Waals surface area (Å²) in [6.45, 7) is 13.7. The van der Waals surface area contributed by atoms with Crippen molar-refractivity contribution >= 4 is 111 Å². The van der Waals surface area contributed by atoms with Gasteiger partial charge in [0.25, 0.3) is 0 Å². The maximum Gasteiger partial charge on any atom is 0.211 e. The molecule has 64 heavy (non-hydrogen) atoms. The maximum atomic E-state index is 7.16. The van der Waals surface area contributed by atoms with Crippen LogP contribution in [0.5, 0.6) is 0 Å². The Morgan fingerprint density at radius 1 is 0.531 bits per heavy atom. The van der Waals surface area contributed by atoms with Gasteiger partial charge in [-0.05, 0) is 98.4 Å². The highest BCUT2D eigenvalue weighted by Gasteiger charge is 2.36. The van der Waals surface area contributed by atoms with Gasteiger partial charge < -0.3 is 19.1 Å². The molecule has 4 nitrogen and oxygen atoms in total. The average molecular weight is 847 g/mol. The number of fused-ring (bicyclic) bond motifs is 10. The Morgan fingerprint density at radius 3 is 1.94 bits per heavy atom. The number of para-hydroxylation sites is 2. The molecule has 0 saturated carbocycles. The van der Waals surface area contributed by atoms with E-state index in [1.807, 2.05) is 11.3 Å². The molecule has 310 valence electrons. The van der Waals surface area contributed by atoms with Gasteiger partial charge in [0.1, 0.15) is 22.3 Å². The van der Waals surface area contributed by atoms with E-state index in [9.17, 15) is 0 Å². The quantitative estimate of drug-likeness (QED) is 0.175. The summed E-state index contributed by atoms with van der Waals surface area (Å²) in [6.07, 6.45) is 0. The van der Waals surface area contributed by atoms with Gasteiger partial charge in [0.05, 0.1) is 11.4 Å². The molecule has 1 aliphatic heterocycles. The van der Waals surface area contributed by atoms with Gasteiger partial charge in [-0.1, -0.05) is 145 Å². The molecule has 0 aliphatic carbocycles. The van der Waals surface area contributed by atoms with Crippen LogP contribution in [0.15, 0.2) is 173 Å². The zero-order chi connectivity index (χ0) is 43.5. The Kier molecular flexibility index (Phi) is 8.60. The van der Waals surface area contributed by atoms with Crippen LogP contribution in [-0.4, -0.2) is 7.28 Å². The number of nitrogens with one attached hydrogen (secondary N) is 1. The molecule has 1 N–H and O–H groups in total. The Hall–Kier alpha value is -7.02. The molecule has 0 atom stereocenters. The lowest BCUT2D eigenvalue weighted by molar-refractivity contribution is 0.590. The summed E-state index contributed by atoms with van der Waals surface area (Å²) in [5, 5.41) is 9.50. The number of rotatable bonds is 5. The highest BCUT2D eigenvalue weighted by atomic mass is 32.1. The van der Waals surface area contributed by atoms with Crippen molar-refractivity contribution in [2.24, 2.45) is 0 Å². The number of benzene rings is 8. The molecule has 0 bridgehead atoms. The van der Waals surface area contributed by atoms with Crippen LogP contribution in [-0.2, 0) is 10.8 Å². The van der Waals surface area contributed by atoms with Gasteiger partial charge in [-0.3, -0.25) is 0 Å². The molecule has 0 unspecified atom stereocenters. The molecular weight excluding hydrogens is 800 g/mol. The molecule has 1 aliphatic rings. The van der Waals surface area contributed by atoms with Crippen molar-refractivity contribution < 1.29 is 8.83 Å². The minimum absolute atomic E-state index is 0.0407. The average Bonchev–Trinajstić information content (AvgIpc) is 3.99. The lowest BCUT2D eigenvalue weighted by Crippen LogP contribution is -2.39. The van der Waals surface area contributed by atoms with E-state index in [1.54, 1.807) is 0 Å². The molecule has 11 aromatic rings. The molecule has 0 saturated heterocycles. The number of furan rings is 2. The molecule has 0 fully saturated rings. The van der Waals surface area contributed by atoms with Crippen LogP contribution in [0, 0.1) is 0 Å². The Labute approximate surface area is 378 Å². The van der Waals surface area contributed by atoms with Crippen LogP contribution in [0.1, 0.15) is 52.7 Å². The molecule has 0 spiro atoms. The van der Waals surface area contributed by atoms with Crippen molar-refractivity contribution in [2.45, 2.75) is 52.4 Å². The van der Waals surface area contributed by atoms with Crippen molar-refractivity contribution in [3.05, 3.63) is 175 Å². The molecule has 4 heterocycles. The Morgan fingerprint density at radius 2 is 1.19 bits per heavy atom. The molecule has 3 aromatic heterocycles. The molecule has 6 heteroatoms. The fraction of sp³-hybridized carbons (Fsp3) is 0.138. The summed E-state index contributed by atoms with van der Waals surface area (Å²) in [5.74, 6) is 0. The lowest BCUT2D eigenvalue weighted by atomic mass is 9.61. The monoisotopic (exact) mass is 846 g/mol. The fourth-order valence-electron chi connectivity index (χ4n) is 9.94. The van der Waals surface area contributed by atoms with Crippen LogP contribution in [0.25, 0.3) is 76.2 Å². The zero-order valence-corrected chi connectivity index (χ0v) is 37.8. The predicted molar refractivity (Wildman–Crippen MR) is 275 cm³/mol. The van der Waals surface area contributed by atoms with Gasteiger partial charge in [-0.15, -0.1) is 11.3 Å². The van der Waals surface area contributed by atoms with E-state index < -0.39 is 0 Å². The van der Waals surface area contributed by atoms with Gasteiger partial charge in [0.15, 0.2) is 0 Å². The predicted octanol–water partition coefficient (Wildman–Crippen LogP) is 15.5. The van der Waals surface area contributed by atoms with Gasteiger partial charge in [0.2, 0.25) is 7.28 Å². The van der Waals surface area contributed by atoms with Crippen molar-refractivity contribution in [2.75, 3.05) is 10.2 Å².